The zero-order valence-electron chi connectivity index (χ0n) is 12.8. The maximum atomic E-state index is 11.9. The molecule has 2 N–H and O–H groups in total. The number of pyridine rings is 2. The molecule has 0 aromatic carbocycles. The first kappa shape index (κ1) is 13.7. The van der Waals surface area contributed by atoms with Crippen molar-refractivity contribution in [1.82, 2.24) is 20.3 Å². The number of fused-ring (bicyclic) bond motifs is 1. The molecule has 1 amide bonds. The highest BCUT2D eigenvalue weighted by Crippen LogP contribution is 2.27. The summed E-state index contributed by atoms with van der Waals surface area (Å²) in [6, 6.07) is 7.94. The zero-order valence-corrected chi connectivity index (χ0v) is 12.8. The summed E-state index contributed by atoms with van der Waals surface area (Å²) in [6.45, 7) is 2.69. The molecule has 0 spiro atoms. The van der Waals surface area contributed by atoms with Gasteiger partial charge in [0.05, 0.1) is 11.3 Å². The number of aromatic nitrogens is 3. The van der Waals surface area contributed by atoms with Crippen molar-refractivity contribution in [3.05, 3.63) is 59.7 Å². The van der Waals surface area contributed by atoms with E-state index in [1.807, 2.05) is 37.5 Å². The van der Waals surface area contributed by atoms with E-state index in [2.05, 4.69) is 26.3 Å². The molecule has 1 aliphatic heterocycles. The number of aryl methyl sites for hydroxylation is 1. The van der Waals surface area contributed by atoms with Gasteiger partial charge in [-0.3, -0.25) is 14.8 Å². The molecular formula is C18H16N4O. The van der Waals surface area contributed by atoms with Gasteiger partial charge in [-0.25, -0.2) is 0 Å². The van der Waals surface area contributed by atoms with E-state index in [0.717, 1.165) is 45.8 Å². The average Bonchev–Trinajstić information content (AvgIpc) is 3.01. The van der Waals surface area contributed by atoms with Crippen molar-refractivity contribution in [2.45, 2.75) is 13.3 Å². The van der Waals surface area contributed by atoms with Crippen LogP contribution in [0.2, 0.25) is 0 Å². The van der Waals surface area contributed by atoms with Gasteiger partial charge in [-0.2, -0.15) is 0 Å². The fraction of sp³-hybridized carbons (Fsp3) is 0.167. The predicted molar refractivity (Wildman–Crippen MR) is 88.0 cm³/mol. The molecule has 1 aliphatic rings. The van der Waals surface area contributed by atoms with E-state index in [9.17, 15) is 4.79 Å². The Morgan fingerprint density at radius 2 is 2.04 bits per heavy atom. The quantitative estimate of drug-likeness (QED) is 0.764. The number of nitrogens with zero attached hydrogens (tertiary/aromatic N) is 2. The van der Waals surface area contributed by atoms with Crippen molar-refractivity contribution in [3.8, 4) is 22.5 Å². The van der Waals surface area contributed by atoms with Gasteiger partial charge in [0.1, 0.15) is 0 Å². The molecule has 0 fully saturated rings. The lowest BCUT2D eigenvalue weighted by Gasteiger charge is -2.10. The fourth-order valence-corrected chi connectivity index (χ4v) is 2.90. The van der Waals surface area contributed by atoms with Gasteiger partial charge in [0, 0.05) is 54.1 Å². The van der Waals surface area contributed by atoms with E-state index >= 15 is 0 Å². The molecular weight excluding hydrogens is 288 g/mol. The van der Waals surface area contributed by atoms with Gasteiger partial charge in [0.15, 0.2) is 0 Å². The number of H-pyrrole nitrogens is 1. The van der Waals surface area contributed by atoms with E-state index in [4.69, 9.17) is 0 Å². The van der Waals surface area contributed by atoms with Gasteiger partial charge >= 0.3 is 0 Å². The highest BCUT2D eigenvalue weighted by atomic mass is 16.1. The maximum Gasteiger partial charge on any atom is 0.253 e. The second-order valence-corrected chi connectivity index (χ2v) is 5.76. The van der Waals surface area contributed by atoms with E-state index < -0.39 is 0 Å². The molecule has 23 heavy (non-hydrogen) atoms. The Bertz CT molecular complexity index is 898. The van der Waals surface area contributed by atoms with Gasteiger partial charge in [-0.1, -0.05) is 0 Å². The van der Waals surface area contributed by atoms with Crippen molar-refractivity contribution in [3.63, 3.8) is 0 Å². The summed E-state index contributed by atoms with van der Waals surface area (Å²) in [5.74, 6) is -0.00841. The molecule has 5 nitrogen and oxygen atoms in total. The Labute approximate surface area is 133 Å². The third kappa shape index (κ3) is 2.50. The fourth-order valence-electron chi connectivity index (χ4n) is 2.90. The molecule has 4 heterocycles. The smallest absolute Gasteiger partial charge is 0.253 e. The molecule has 0 saturated carbocycles. The monoisotopic (exact) mass is 304 g/mol. The van der Waals surface area contributed by atoms with Crippen molar-refractivity contribution < 1.29 is 4.79 Å². The Hall–Kier alpha value is -2.95. The molecule has 114 valence electrons. The Morgan fingerprint density at radius 1 is 1.13 bits per heavy atom. The van der Waals surface area contributed by atoms with E-state index in [-0.39, 0.29) is 5.91 Å². The van der Waals surface area contributed by atoms with Gasteiger partial charge in [-0.05, 0) is 36.8 Å². The summed E-state index contributed by atoms with van der Waals surface area (Å²) in [5, 5.41) is 2.87. The van der Waals surface area contributed by atoms with E-state index in [1.54, 1.807) is 6.20 Å². The van der Waals surface area contributed by atoms with Crippen LogP contribution in [-0.2, 0) is 6.42 Å². The molecule has 0 bridgehead atoms. The highest BCUT2D eigenvalue weighted by Gasteiger charge is 2.20. The van der Waals surface area contributed by atoms with Crippen LogP contribution in [0.4, 0.5) is 0 Å². The molecule has 3 aromatic rings. The minimum absolute atomic E-state index is 0.00841. The third-order valence-electron chi connectivity index (χ3n) is 4.05. The van der Waals surface area contributed by atoms with Crippen LogP contribution in [0.1, 0.15) is 21.6 Å². The van der Waals surface area contributed by atoms with Crippen LogP contribution in [0.25, 0.3) is 22.5 Å². The van der Waals surface area contributed by atoms with Gasteiger partial charge in [-0.15, -0.1) is 0 Å². The minimum atomic E-state index is -0.00841. The summed E-state index contributed by atoms with van der Waals surface area (Å²) < 4.78 is 0. The number of carbonyl (C=O) groups excluding carboxylic acids is 1. The lowest BCUT2D eigenvalue weighted by atomic mass is 10.1. The second-order valence-electron chi connectivity index (χ2n) is 5.76. The topological polar surface area (TPSA) is 70.7 Å². The first-order chi connectivity index (χ1) is 11.2. The zero-order chi connectivity index (χ0) is 15.8. The second kappa shape index (κ2) is 5.35. The summed E-state index contributed by atoms with van der Waals surface area (Å²) in [7, 11) is 0. The van der Waals surface area contributed by atoms with Gasteiger partial charge in [0.2, 0.25) is 0 Å². The minimum Gasteiger partial charge on any atom is -0.358 e. The number of carbonyl (C=O) groups is 1. The number of aromatic amines is 1. The molecule has 0 atom stereocenters. The van der Waals surface area contributed by atoms with E-state index in [1.165, 1.54) is 0 Å². The SMILES string of the molecule is Cc1cncc(-c2cc(-c3cc4c([nH]3)CCNC4=O)ccn2)c1. The van der Waals surface area contributed by atoms with Crippen LogP contribution in [0.5, 0.6) is 0 Å². The Kier molecular flexibility index (Phi) is 3.19. The molecule has 0 aliphatic carbocycles. The normalized spacial score (nSPS) is 13.5. The molecule has 5 heteroatoms. The molecule has 3 aromatic heterocycles. The van der Waals surface area contributed by atoms with Crippen LogP contribution in [0.3, 0.4) is 0 Å². The highest BCUT2D eigenvalue weighted by molar-refractivity contribution is 5.97. The lowest BCUT2D eigenvalue weighted by Crippen LogP contribution is -2.31. The van der Waals surface area contributed by atoms with E-state index in [0.29, 0.717) is 6.54 Å². The van der Waals surface area contributed by atoms with Crippen LogP contribution in [-0.4, -0.2) is 27.4 Å². The van der Waals surface area contributed by atoms with Crippen LogP contribution in [0.15, 0.2) is 42.9 Å². The first-order valence-electron chi connectivity index (χ1n) is 7.59. The van der Waals surface area contributed by atoms with Crippen molar-refractivity contribution in [1.29, 1.82) is 0 Å². The first-order valence-corrected chi connectivity index (χ1v) is 7.59. The lowest BCUT2D eigenvalue weighted by molar-refractivity contribution is 0.0946. The summed E-state index contributed by atoms with van der Waals surface area (Å²) in [5.41, 5.74) is 6.65. The summed E-state index contributed by atoms with van der Waals surface area (Å²) in [4.78, 5) is 23.9. The maximum absolute atomic E-state index is 11.9. The number of amides is 1. The third-order valence-corrected chi connectivity index (χ3v) is 4.05. The number of rotatable bonds is 2. The molecule has 4 rings (SSSR count). The van der Waals surface area contributed by atoms with Crippen LogP contribution >= 0.6 is 0 Å². The van der Waals surface area contributed by atoms with Gasteiger partial charge in [0.25, 0.3) is 5.91 Å². The molecule has 0 radical (unpaired) electrons. The van der Waals surface area contributed by atoms with Gasteiger partial charge < -0.3 is 10.3 Å². The predicted octanol–water partition coefficient (Wildman–Crippen LogP) is 2.73. The van der Waals surface area contributed by atoms with Crippen LogP contribution in [0, 0.1) is 6.92 Å². The summed E-state index contributed by atoms with van der Waals surface area (Å²) >= 11 is 0. The Morgan fingerprint density at radius 3 is 2.87 bits per heavy atom. The average molecular weight is 304 g/mol. The number of nitrogens with one attached hydrogen (secondary N) is 2. The Balaban J connectivity index is 1.76. The standard InChI is InChI=1S/C18H16N4O/c1-11-6-13(10-19-9-11)16-7-12(2-4-20-16)17-8-14-15(22-17)3-5-21-18(14)23/h2,4,6-10,22H,3,5H2,1H3,(H,21,23). The van der Waals surface area contributed by atoms with Crippen LogP contribution < -0.4 is 5.32 Å². The largest absolute Gasteiger partial charge is 0.358 e. The van der Waals surface area contributed by atoms with Crippen molar-refractivity contribution in [2.75, 3.05) is 6.54 Å². The van der Waals surface area contributed by atoms with Crippen molar-refractivity contribution in [2.24, 2.45) is 0 Å². The van der Waals surface area contributed by atoms with Crippen molar-refractivity contribution >= 4 is 5.91 Å². The molecule has 0 saturated heterocycles. The molecule has 0 unspecified atom stereocenters. The summed E-state index contributed by atoms with van der Waals surface area (Å²) in [6.07, 6.45) is 6.25. The number of hydrogen-bond acceptors (Lipinski definition) is 3. The number of hydrogen-bond donors (Lipinski definition) is 2.